The lowest BCUT2D eigenvalue weighted by Gasteiger charge is -2.17. The van der Waals surface area contributed by atoms with E-state index in [4.69, 9.17) is 12.2 Å². The molecular formula is C17H17N3O3S2. The Morgan fingerprint density at radius 2 is 1.92 bits per heavy atom. The van der Waals surface area contributed by atoms with Gasteiger partial charge in [-0.3, -0.25) is 4.57 Å². The van der Waals surface area contributed by atoms with Crippen LogP contribution in [0.25, 0.3) is 6.08 Å². The van der Waals surface area contributed by atoms with Crippen molar-refractivity contribution in [1.29, 1.82) is 0 Å². The average Bonchev–Trinajstić information content (AvgIpc) is 3.06. The molecule has 1 aromatic heterocycles. The monoisotopic (exact) mass is 375 g/mol. The number of carboxylic acids is 1. The highest BCUT2D eigenvalue weighted by molar-refractivity contribution is 7.73. The molecule has 2 N–H and O–H groups in total. The van der Waals surface area contributed by atoms with Crippen LogP contribution in [-0.4, -0.2) is 20.7 Å². The van der Waals surface area contributed by atoms with Gasteiger partial charge in [-0.1, -0.05) is 26.0 Å². The predicted molar refractivity (Wildman–Crippen MR) is 97.7 cm³/mol. The van der Waals surface area contributed by atoms with Gasteiger partial charge in [0.25, 0.3) is 0 Å². The molecule has 0 saturated carbocycles. The minimum absolute atomic E-state index is 0.151. The third-order valence-corrected chi connectivity index (χ3v) is 5.08. The highest BCUT2D eigenvalue weighted by Crippen LogP contribution is 2.34. The van der Waals surface area contributed by atoms with Crippen molar-refractivity contribution in [3.63, 3.8) is 0 Å². The van der Waals surface area contributed by atoms with Gasteiger partial charge in [0.05, 0.1) is 15.6 Å². The summed E-state index contributed by atoms with van der Waals surface area (Å²) >= 11 is 6.43. The van der Waals surface area contributed by atoms with Crippen molar-refractivity contribution in [2.24, 2.45) is 15.9 Å². The Labute approximate surface area is 153 Å². The lowest BCUT2D eigenvalue weighted by atomic mass is 10.0. The van der Waals surface area contributed by atoms with Crippen LogP contribution >= 0.6 is 23.6 Å². The van der Waals surface area contributed by atoms with Gasteiger partial charge in [-0.05, 0) is 36.7 Å². The SMILES string of the molecule is CC(C)C[C@@H](C(=O)O)n1c(O)c(C=C2N=c3ccccc3=N2)sc1=S. The van der Waals surface area contributed by atoms with E-state index in [2.05, 4.69) is 9.98 Å². The Hall–Kier alpha value is -2.32. The van der Waals surface area contributed by atoms with Gasteiger partial charge in [-0.2, -0.15) is 0 Å². The average molecular weight is 375 g/mol. The zero-order valence-corrected chi connectivity index (χ0v) is 15.3. The molecule has 1 aliphatic heterocycles. The number of hydrogen-bond acceptors (Lipinski definition) is 6. The molecule has 0 amide bonds. The van der Waals surface area contributed by atoms with Gasteiger partial charge >= 0.3 is 5.97 Å². The molecule has 2 aromatic rings. The van der Waals surface area contributed by atoms with E-state index >= 15 is 0 Å². The summed E-state index contributed by atoms with van der Waals surface area (Å²) in [6.45, 7) is 3.86. The standard InChI is InChI=1S/C17H17N3O3S2/c1-9(2)7-12(16(22)23)20-15(21)13(25-17(20)24)8-14-18-10-5-3-4-6-11(10)19-14/h3-6,8-9,12,21H,7H2,1-2H3,(H,22,23)/t12-/m0/s1. The zero-order valence-electron chi connectivity index (χ0n) is 13.7. The van der Waals surface area contributed by atoms with Crippen LogP contribution in [0.5, 0.6) is 5.88 Å². The van der Waals surface area contributed by atoms with E-state index < -0.39 is 12.0 Å². The molecule has 1 aromatic carbocycles. The summed E-state index contributed by atoms with van der Waals surface area (Å²) in [4.78, 5) is 20.8. The summed E-state index contributed by atoms with van der Waals surface area (Å²) < 4.78 is 1.62. The fraction of sp³-hybridized carbons (Fsp3) is 0.294. The summed E-state index contributed by atoms with van der Waals surface area (Å²) in [5.74, 6) is -0.564. The van der Waals surface area contributed by atoms with E-state index in [-0.39, 0.29) is 11.8 Å². The number of aromatic hydroxyl groups is 1. The van der Waals surface area contributed by atoms with E-state index in [0.29, 0.717) is 21.1 Å². The van der Waals surface area contributed by atoms with Crippen molar-refractivity contribution in [2.75, 3.05) is 0 Å². The van der Waals surface area contributed by atoms with Crippen molar-refractivity contribution in [2.45, 2.75) is 26.3 Å². The van der Waals surface area contributed by atoms with E-state index in [1.54, 1.807) is 6.08 Å². The number of aromatic nitrogens is 1. The lowest BCUT2D eigenvalue weighted by Crippen LogP contribution is -2.20. The fourth-order valence-corrected chi connectivity index (χ4v) is 3.97. The summed E-state index contributed by atoms with van der Waals surface area (Å²) in [7, 11) is 0. The third-order valence-electron chi connectivity index (χ3n) is 3.75. The Morgan fingerprint density at radius 3 is 2.44 bits per heavy atom. The number of para-hydroxylation sites is 2. The van der Waals surface area contributed by atoms with E-state index in [1.807, 2.05) is 38.1 Å². The van der Waals surface area contributed by atoms with Crippen molar-refractivity contribution in [3.8, 4) is 5.88 Å². The molecule has 130 valence electrons. The van der Waals surface area contributed by atoms with E-state index in [1.165, 1.54) is 4.57 Å². The normalized spacial score (nSPS) is 14.0. The maximum Gasteiger partial charge on any atom is 0.326 e. The quantitative estimate of drug-likeness (QED) is 0.787. The smallest absolute Gasteiger partial charge is 0.326 e. The number of carbonyl (C=O) groups is 1. The van der Waals surface area contributed by atoms with Gasteiger partial charge in [-0.15, -0.1) is 11.3 Å². The highest BCUT2D eigenvalue weighted by Gasteiger charge is 2.26. The Bertz CT molecular complexity index is 997. The second-order valence-electron chi connectivity index (χ2n) is 6.12. The Balaban J connectivity index is 2.04. The number of rotatable bonds is 5. The maximum absolute atomic E-state index is 11.6. The van der Waals surface area contributed by atoms with Crippen LogP contribution in [0.4, 0.5) is 0 Å². The Kier molecular flexibility index (Phi) is 4.82. The number of carboxylic acid groups (broad SMARTS) is 1. The van der Waals surface area contributed by atoms with Crippen LogP contribution in [0.15, 0.2) is 40.1 Å². The second-order valence-corrected chi connectivity index (χ2v) is 7.80. The first-order valence-electron chi connectivity index (χ1n) is 7.78. The highest BCUT2D eigenvalue weighted by atomic mass is 32.1. The molecule has 0 bridgehead atoms. The molecule has 0 aliphatic carbocycles. The molecule has 0 unspecified atom stereocenters. The van der Waals surface area contributed by atoms with E-state index in [0.717, 1.165) is 22.1 Å². The molecule has 0 fully saturated rings. The molecule has 0 radical (unpaired) electrons. The first kappa shape index (κ1) is 17.5. The summed E-state index contributed by atoms with van der Waals surface area (Å²) in [5, 5.41) is 21.6. The number of thiazole rings is 1. The molecule has 0 spiro atoms. The molecule has 3 rings (SSSR count). The van der Waals surface area contributed by atoms with E-state index in [9.17, 15) is 15.0 Å². The van der Waals surface area contributed by atoms with Crippen LogP contribution in [0.2, 0.25) is 0 Å². The maximum atomic E-state index is 11.6. The van der Waals surface area contributed by atoms with Gasteiger partial charge in [0.1, 0.15) is 6.04 Å². The van der Waals surface area contributed by atoms with Crippen LogP contribution < -0.4 is 10.7 Å². The fourth-order valence-electron chi connectivity index (χ4n) is 2.63. The number of aliphatic carboxylic acids is 1. The predicted octanol–water partition coefficient (Wildman–Crippen LogP) is 2.91. The molecule has 6 nitrogen and oxygen atoms in total. The zero-order chi connectivity index (χ0) is 18.1. The minimum Gasteiger partial charge on any atom is -0.493 e. The van der Waals surface area contributed by atoms with Crippen LogP contribution in [0, 0.1) is 9.87 Å². The minimum atomic E-state index is -1.01. The summed E-state index contributed by atoms with van der Waals surface area (Å²) in [6.07, 6.45) is 2.00. The number of benzene rings is 1. The van der Waals surface area contributed by atoms with Crippen LogP contribution in [0.1, 0.15) is 31.2 Å². The van der Waals surface area contributed by atoms with Crippen LogP contribution in [-0.2, 0) is 4.79 Å². The number of fused-ring (bicyclic) bond motifs is 1. The molecule has 0 saturated heterocycles. The second kappa shape index (κ2) is 6.89. The molecule has 1 aliphatic rings. The first-order valence-corrected chi connectivity index (χ1v) is 9.00. The van der Waals surface area contributed by atoms with Crippen molar-refractivity contribution < 1.29 is 15.0 Å². The third kappa shape index (κ3) is 3.54. The number of hydrogen-bond donors (Lipinski definition) is 2. The van der Waals surface area contributed by atoms with Crippen LogP contribution in [0.3, 0.4) is 0 Å². The Morgan fingerprint density at radius 1 is 1.32 bits per heavy atom. The van der Waals surface area contributed by atoms with Gasteiger partial charge in [0.15, 0.2) is 9.78 Å². The van der Waals surface area contributed by atoms with Crippen molar-refractivity contribution in [1.82, 2.24) is 4.57 Å². The first-order chi connectivity index (χ1) is 11.9. The van der Waals surface area contributed by atoms with Gasteiger partial charge in [0, 0.05) is 6.08 Å². The molecule has 1 atom stereocenters. The van der Waals surface area contributed by atoms with Gasteiger partial charge in [-0.25, -0.2) is 14.8 Å². The summed E-state index contributed by atoms with van der Waals surface area (Å²) in [5.41, 5.74) is 0. The topological polar surface area (TPSA) is 87.2 Å². The number of nitrogens with zero attached hydrogens (tertiary/aromatic N) is 3. The molecule has 25 heavy (non-hydrogen) atoms. The van der Waals surface area contributed by atoms with Crippen molar-refractivity contribution >= 4 is 35.6 Å². The molecular weight excluding hydrogens is 358 g/mol. The molecule has 8 heteroatoms. The lowest BCUT2D eigenvalue weighted by molar-refractivity contribution is -0.141. The summed E-state index contributed by atoms with van der Waals surface area (Å²) in [6, 6.07) is 6.57. The van der Waals surface area contributed by atoms with Crippen molar-refractivity contribution in [3.05, 3.63) is 49.6 Å². The largest absolute Gasteiger partial charge is 0.493 e. The van der Waals surface area contributed by atoms with Gasteiger partial charge < -0.3 is 10.2 Å². The van der Waals surface area contributed by atoms with Gasteiger partial charge in [0.2, 0.25) is 5.88 Å². The molecule has 2 heterocycles.